The standard InChI is InChI=1S/C33H33NO8/c1-16(2)24-15-42-33(39)34(24)31(37)18(4)14-17(3)29(35)20-11-12-22-26-19(20)10-13-23(32(38)41-6)27(26)21-8-7-9-25(40-5)28(21)30(22)36/h7-14,16-17,24,29,35H,15H2,1-6H3/b18-14+/t17-,24+,29+/m1/s1. The number of hydrogen-bond acceptors (Lipinski definition) is 8. The van der Waals surface area contributed by atoms with Gasteiger partial charge in [0.25, 0.3) is 5.91 Å². The van der Waals surface area contributed by atoms with Crippen LogP contribution in [0.4, 0.5) is 4.79 Å². The van der Waals surface area contributed by atoms with Gasteiger partial charge in [0.05, 0.1) is 37.5 Å². The largest absolute Gasteiger partial charge is 0.496 e. The summed E-state index contributed by atoms with van der Waals surface area (Å²) in [5.74, 6) is -1.41. The lowest BCUT2D eigenvalue weighted by molar-refractivity contribution is -0.125. The van der Waals surface area contributed by atoms with Gasteiger partial charge in [0, 0.05) is 28.0 Å². The zero-order valence-corrected chi connectivity index (χ0v) is 24.4. The lowest BCUT2D eigenvalue weighted by Gasteiger charge is -2.26. The number of ether oxygens (including phenoxy) is 3. The number of hydrogen-bond donors (Lipinski definition) is 1. The molecule has 9 heteroatoms. The highest BCUT2D eigenvalue weighted by Crippen LogP contribution is 2.46. The molecular formula is C33H33NO8. The molecule has 1 aliphatic carbocycles. The van der Waals surface area contributed by atoms with Gasteiger partial charge in [-0.05, 0) is 47.6 Å². The summed E-state index contributed by atoms with van der Waals surface area (Å²) in [5.41, 5.74) is 2.90. The third-order valence-electron chi connectivity index (χ3n) is 8.17. The number of esters is 1. The van der Waals surface area contributed by atoms with E-state index in [4.69, 9.17) is 14.2 Å². The fourth-order valence-electron chi connectivity index (χ4n) is 5.94. The highest BCUT2D eigenvalue weighted by Gasteiger charge is 2.40. The van der Waals surface area contributed by atoms with Crippen molar-refractivity contribution < 1.29 is 38.5 Å². The number of amides is 2. The number of rotatable bonds is 7. The molecule has 3 atom stereocenters. The van der Waals surface area contributed by atoms with Crippen LogP contribution in [0.5, 0.6) is 5.75 Å². The molecule has 1 N–H and O–H groups in total. The van der Waals surface area contributed by atoms with Crippen LogP contribution in [-0.2, 0) is 14.3 Å². The Morgan fingerprint density at radius 1 is 1.02 bits per heavy atom. The number of methoxy groups -OCH3 is 2. The van der Waals surface area contributed by atoms with Crippen molar-refractivity contribution in [1.82, 2.24) is 4.90 Å². The topological polar surface area (TPSA) is 119 Å². The second kappa shape index (κ2) is 11.1. The second-order valence-corrected chi connectivity index (χ2v) is 11.0. The van der Waals surface area contributed by atoms with Gasteiger partial charge in [-0.3, -0.25) is 9.59 Å². The number of fused-ring (bicyclic) bond motifs is 2. The van der Waals surface area contributed by atoms with E-state index in [9.17, 15) is 24.3 Å². The summed E-state index contributed by atoms with van der Waals surface area (Å²) in [6.45, 7) is 7.36. The quantitative estimate of drug-likeness (QED) is 0.229. The summed E-state index contributed by atoms with van der Waals surface area (Å²) in [6, 6.07) is 11.5. The van der Waals surface area contributed by atoms with Crippen LogP contribution in [0.1, 0.15) is 65.6 Å². The van der Waals surface area contributed by atoms with Crippen molar-refractivity contribution in [3.05, 3.63) is 76.4 Å². The summed E-state index contributed by atoms with van der Waals surface area (Å²) in [6.07, 6.45) is -0.116. The van der Waals surface area contributed by atoms with Crippen molar-refractivity contribution in [2.75, 3.05) is 20.8 Å². The number of imide groups is 1. The Morgan fingerprint density at radius 3 is 2.43 bits per heavy atom. The molecule has 1 saturated heterocycles. The Bertz CT molecular complexity index is 1670. The lowest BCUT2D eigenvalue weighted by Crippen LogP contribution is -2.42. The Hall–Kier alpha value is -4.50. The summed E-state index contributed by atoms with van der Waals surface area (Å²) in [5, 5.41) is 12.7. The summed E-state index contributed by atoms with van der Waals surface area (Å²) < 4.78 is 15.7. The number of carbonyl (C=O) groups is 4. The van der Waals surface area contributed by atoms with E-state index in [1.165, 1.54) is 14.2 Å². The van der Waals surface area contributed by atoms with Crippen molar-refractivity contribution in [3.8, 4) is 16.9 Å². The number of cyclic esters (lactones) is 1. The first-order valence-corrected chi connectivity index (χ1v) is 13.8. The van der Waals surface area contributed by atoms with Gasteiger partial charge in [0.15, 0.2) is 5.78 Å². The maximum atomic E-state index is 13.7. The molecule has 3 aromatic rings. The van der Waals surface area contributed by atoms with Crippen LogP contribution >= 0.6 is 0 Å². The molecule has 1 heterocycles. The molecule has 2 amide bonds. The molecule has 42 heavy (non-hydrogen) atoms. The van der Waals surface area contributed by atoms with Crippen molar-refractivity contribution in [2.24, 2.45) is 11.8 Å². The van der Waals surface area contributed by atoms with Gasteiger partial charge >= 0.3 is 12.1 Å². The lowest BCUT2D eigenvalue weighted by atomic mass is 9.78. The molecule has 0 spiro atoms. The van der Waals surface area contributed by atoms with Crippen molar-refractivity contribution in [2.45, 2.75) is 39.8 Å². The van der Waals surface area contributed by atoms with Gasteiger partial charge in [-0.2, -0.15) is 0 Å². The zero-order valence-electron chi connectivity index (χ0n) is 24.4. The van der Waals surface area contributed by atoms with Gasteiger partial charge in [-0.1, -0.05) is 51.1 Å². The maximum Gasteiger partial charge on any atom is 0.417 e. The van der Waals surface area contributed by atoms with Crippen molar-refractivity contribution >= 4 is 34.5 Å². The number of nitrogens with zero attached hydrogens (tertiary/aromatic N) is 1. The summed E-state index contributed by atoms with van der Waals surface area (Å²) in [7, 11) is 2.78. The second-order valence-electron chi connectivity index (χ2n) is 11.0. The maximum absolute atomic E-state index is 13.7. The van der Waals surface area contributed by atoms with Gasteiger partial charge in [-0.15, -0.1) is 0 Å². The van der Waals surface area contributed by atoms with Crippen LogP contribution < -0.4 is 4.74 Å². The Morgan fingerprint density at radius 2 is 1.76 bits per heavy atom. The van der Waals surface area contributed by atoms with E-state index in [0.717, 1.165) is 4.90 Å². The molecule has 0 radical (unpaired) electrons. The molecule has 5 rings (SSSR count). The molecule has 3 aromatic carbocycles. The van der Waals surface area contributed by atoms with E-state index < -0.39 is 30.0 Å². The van der Waals surface area contributed by atoms with Gasteiger partial charge in [-0.25, -0.2) is 14.5 Å². The van der Waals surface area contributed by atoms with Crippen LogP contribution in [0.25, 0.3) is 21.9 Å². The third kappa shape index (κ3) is 4.54. The van der Waals surface area contributed by atoms with Crippen LogP contribution in [0.15, 0.2) is 54.1 Å². The molecule has 218 valence electrons. The fraction of sp³-hybridized carbons (Fsp3) is 0.333. The molecule has 1 aliphatic heterocycles. The van der Waals surface area contributed by atoms with Crippen molar-refractivity contribution in [3.63, 3.8) is 0 Å². The van der Waals surface area contributed by atoms with Gasteiger partial charge < -0.3 is 19.3 Å². The van der Waals surface area contributed by atoms with E-state index in [-0.39, 0.29) is 29.9 Å². The number of ketones is 1. The predicted octanol–water partition coefficient (Wildman–Crippen LogP) is 5.47. The van der Waals surface area contributed by atoms with Gasteiger partial charge in [0.2, 0.25) is 0 Å². The number of aliphatic hydroxyl groups is 1. The normalized spacial score (nSPS) is 17.7. The fourth-order valence-corrected chi connectivity index (χ4v) is 5.94. The molecule has 1 fully saturated rings. The first-order chi connectivity index (χ1) is 20.0. The Balaban J connectivity index is 1.61. The molecule has 0 aromatic heterocycles. The van der Waals surface area contributed by atoms with Crippen LogP contribution in [-0.4, -0.2) is 60.6 Å². The third-order valence-corrected chi connectivity index (χ3v) is 8.17. The van der Waals surface area contributed by atoms with E-state index in [1.54, 1.807) is 62.4 Å². The predicted molar refractivity (Wildman–Crippen MR) is 155 cm³/mol. The summed E-state index contributed by atoms with van der Waals surface area (Å²) in [4.78, 5) is 53.3. The van der Waals surface area contributed by atoms with Crippen LogP contribution in [0.3, 0.4) is 0 Å². The summed E-state index contributed by atoms with van der Waals surface area (Å²) >= 11 is 0. The molecule has 9 nitrogen and oxygen atoms in total. The highest BCUT2D eigenvalue weighted by molar-refractivity contribution is 6.29. The molecule has 0 saturated carbocycles. The monoisotopic (exact) mass is 571 g/mol. The van der Waals surface area contributed by atoms with E-state index in [0.29, 0.717) is 49.9 Å². The average molecular weight is 572 g/mol. The highest BCUT2D eigenvalue weighted by atomic mass is 16.6. The Kier molecular flexibility index (Phi) is 7.64. The first-order valence-electron chi connectivity index (χ1n) is 13.8. The molecule has 0 bridgehead atoms. The Labute approximate surface area is 243 Å². The minimum Gasteiger partial charge on any atom is -0.496 e. The van der Waals surface area contributed by atoms with E-state index in [2.05, 4.69) is 0 Å². The minimum atomic E-state index is -1.08. The number of aliphatic hydroxyl groups excluding tert-OH is 1. The smallest absolute Gasteiger partial charge is 0.417 e. The van der Waals surface area contributed by atoms with Crippen LogP contribution in [0.2, 0.25) is 0 Å². The molecule has 0 unspecified atom stereocenters. The van der Waals surface area contributed by atoms with E-state index >= 15 is 0 Å². The molecular weight excluding hydrogens is 538 g/mol. The average Bonchev–Trinajstić information content (AvgIpc) is 3.38. The number of benzene rings is 3. The van der Waals surface area contributed by atoms with Gasteiger partial charge in [0.1, 0.15) is 12.4 Å². The minimum absolute atomic E-state index is 0.0246. The number of carbonyl (C=O) groups excluding carboxylic acids is 4. The SMILES string of the molecule is COC(=O)c1ccc2c([C@@H](O)[C@H](C)/C=C(\C)C(=O)N3C(=O)OC[C@H]3C(C)C)ccc3c2c1-c1cccc(OC)c1C3=O. The zero-order chi connectivity index (χ0) is 30.5. The molecule has 2 aliphatic rings. The van der Waals surface area contributed by atoms with Crippen LogP contribution in [0, 0.1) is 11.8 Å². The van der Waals surface area contributed by atoms with E-state index in [1.807, 2.05) is 13.8 Å². The first kappa shape index (κ1) is 29.0. The van der Waals surface area contributed by atoms with Crippen molar-refractivity contribution in [1.29, 1.82) is 0 Å².